The number of amides is 1. The van der Waals surface area contributed by atoms with Gasteiger partial charge in [-0.05, 0) is 12.1 Å². The number of methoxy groups -OCH3 is 1. The van der Waals surface area contributed by atoms with E-state index < -0.39 is 0 Å². The van der Waals surface area contributed by atoms with Gasteiger partial charge < -0.3 is 14.5 Å². The second-order valence-electron chi connectivity index (χ2n) is 5.95. The first kappa shape index (κ1) is 16.2. The minimum Gasteiger partial charge on any atom is -0.481 e. The zero-order chi connectivity index (χ0) is 17.1. The summed E-state index contributed by atoms with van der Waals surface area (Å²) in [5.74, 6) is 2.38. The van der Waals surface area contributed by atoms with E-state index in [0.717, 1.165) is 17.3 Å². The average Bonchev–Trinajstić information content (AvgIpc) is 2.61. The molecule has 1 saturated heterocycles. The summed E-state index contributed by atoms with van der Waals surface area (Å²) in [6.45, 7) is 5.70. The minimum absolute atomic E-state index is 0.0270. The van der Waals surface area contributed by atoms with Crippen molar-refractivity contribution in [3.8, 4) is 5.88 Å². The number of carbonyl (C=O) groups is 1. The zero-order valence-electron chi connectivity index (χ0n) is 14.1. The van der Waals surface area contributed by atoms with Crippen LogP contribution in [0.1, 0.15) is 25.6 Å². The zero-order valence-corrected chi connectivity index (χ0v) is 14.1. The highest BCUT2D eigenvalue weighted by Crippen LogP contribution is 2.23. The number of aromatic nitrogens is 3. The lowest BCUT2D eigenvalue weighted by molar-refractivity contribution is -0.117. The summed E-state index contributed by atoms with van der Waals surface area (Å²) in [6.07, 6.45) is 3.40. The van der Waals surface area contributed by atoms with E-state index in [4.69, 9.17) is 4.74 Å². The van der Waals surface area contributed by atoms with E-state index in [0.29, 0.717) is 25.5 Å². The molecule has 1 aliphatic heterocycles. The predicted octanol–water partition coefficient (Wildman–Crippen LogP) is 1.86. The molecule has 0 aliphatic carbocycles. The number of nitrogens with zero attached hydrogens (tertiary/aromatic N) is 5. The number of ether oxygens (including phenoxy) is 1. The van der Waals surface area contributed by atoms with Crippen molar-refractivity contribution >= 4 is 17.4 Å². The van der Waals surface area contributed by atoms with Crippen LogP contribution in [-0.4, -0.2) is 47.6 Å². The lowest BCUT2D eigenvalue weighted by Crippen LogP contribution is -2.51. The van der Waals surface area contributed by atoms with Crippen molar-refractivity contribution in [2.45, 2.75) is 19.8 Å². The Morgan fingerprint density at radius 1 is 1.17 bits per heavy atom. The quantitative estimate of drug-likeness (QED) is 0.853. The van der Waals surface area contributed by atoms with Crippen LogP contribution in [-0.2, 0) is 4.79 Å². The molecule has 0 radical (unpaired) electrons. The molecule has 0 unspecified atom stereocenters. The Balaban J connectivity index is 1.75. The first-order valence-electron chi connectivity index (χ1n) is 7.97. The number of hydrogen-bond acceptors (Lipinski definition) is 6. The standard InChI is InChI=1S/C17H21N5O2/c1-12(2)17-19-7-5-14(20-17)21-8-9-22(16(23)11-21)13-4-6-18-15(10-13)24-3/h4-7,10,12H,8-9,11H2,1-3H3. The van der Waals surface area contributed by atoms with Gasteiger partial charge in [0, 0.05) is 37.5 Å². The van der Waals surface area contributed by atoms with E-state index in [2.05, 4.69) is 28.8 Å². The van der Waals surface area contributed by atoms with Crippen LogP contribution >= 0.6 is 0 Å². The molecule has 0 atom stereocenters. The third-order valence-corrected chi connectivity index (χ3v) is 3.96. The smallest absolute Gasteiger partial charge is 0.246 e. The fraction of sp³-hybridized carbons (Fsp3) is 0.412. The molecule has 1 amide bonds. The van der Waals surface area contributed by atoms with E-state index in [1.54, 1.807) is 30.5 Å². The van der Waals surface area contributed by atoms with E-state index in [1.807, 2.05) is 17.0 Å². The van der Waals surface area contributed by atoms with Gasteiger partial charge >= 0.3 is 0 Å². The topological polar surface area (TPSA) is 71.5 Å². The lowest BCUT2D eigenvalue weighted by Gasteiger charge is -2.35. The molecule has 1 aliphatic rings. The summed E-state index contributed by atoms with van der Waals surface area (Å²) in [6, 6.07) is 5.44. The third kappa shape index (κ3) is 3.29. The van der Waals surface area contributed by atoms with E-state index in [9.17, 15) is 4.79 Å². The lowest BCUT2D eigenvalue weighted by atomic mass is 10.2. The number of pyridine rings is 1. The summed E-state index contributed by atoms with van der Waals surface area (Å²) < 4.78 is 5.13. The maximum Gasteiger partial charge on any atom is 0.246 e. The second-order valence-corrected chi connectivity index (χ2v) is 5.95. The molecule has 3 heterocycles. The summed E-state index contributed by atoms with van der Waals surface area (Å²) in [5.41, 5.74) is 0.803. The molecule has 0 N–H and O–H groups in total. The van der Waals surface area contributed by atoms with Gasteiger partial charge in [-0.1, -0.05) is 13.8 Å². The summed E-state index contributed by atoms with van der Waals surface area (Å²) >= 11 is 0. The molecule has 0 aromatic carbocycles. The van der Waals surface area contributed by atoms with Crippen LogP contribution in [0, 0.1) is 0 Å². The number of hydrogen-bond donors (Lipinski definition) is 0. The Morgan fingerprint density at radius 2 is 1.96 bits per heavy atom. The molecule has 1 fully saturated rings. The van der Waals surface area contributed by atoms with Crippen molar-refractivity contribution in [3.05, 3.63) is 36.4 Å². The van der Waals surface area contributed by atoms with Crippen molar-refractivity contribution in [2.75, 3.05) is 36.5 Å². The molecule has 24 heavy (non-hydrogen) atoms. The van der Waals surface area contributed by atoms with E-state index >= 15 is 0 Å². The summed E-state index contributed by atoms with van der Waals surface area (Å²) in [4.78, 5) is 29.3. The average molecular weight is 327 g/mol. The number of carbonyl (C=O) groups excluding carboxylic acids is 1. The van der Waals surface area contributed by atoms with Crippen LogP contribution in [0.25, 0.3) is 0 Å². The summed E-state index contributed by atoms with van der Waals surface area (Å²) in [7, 11) is 1.56. The molecular formula is C17H21N5O2. The predicted molar refractivity (Wildman–Crippen MR) is 91.5 cm³/mol. The van der Waals surface area contributed by atoms with Gasteiger partial charge in [0.2, 0.25) is 11.8 Å². The Morgan fingerprint density at radius 3 is 2.67 bits per heavy atom. The van der Waals surface area contributed by atoms with Crippen LogP contribution in [0.15, 0.2) is 30.6 Å². The van der Waals surface area contributed by atoms with Crippen LogP contribution in [0.3, 0.4) is 0 Å². The molecule has 2 aromatic rings. The largest absolute Gasteiger partial charge is 0.481 e. The normalized spacial score (nSPS) is 15.1. The van der Waals surface area contributed by atoms with Gasteiger partial charge in [0.1, 0.15) is 11.6 Å². The maximum atomic E-state index is 12.6. The first-order valence-corrected chi connectivity index (χ1v) is 7.97. The fourth-order valence-electron chi connectivity index (χ4n) is 2.64. The Kier molecular flexibility index (Phi) is 4.59. The van der Waals surface area contributed by atoms with Gasteiger partial charge in [-0.3, -0.25) is 4.79 Å². The maximum absolute atomic E-state index is 12.6. The third-order valence-electron chi connectivity index (χ3n) is 3.96. The highest BCUT2D eigenvalue weighted by molar-refractivity contribution is 5.97. The number of piperazine rings is 1. The Hall–Kier alpha value is -2.70. The minimum atomic E-state index is 0.0270. The Labute approximate surface area is 141 Å². The molecule has 0 saturated carbocycles. The molecule has 7 heteroatoms. The number of rotatable bonds is 4. The second kappa shape index (κ2) is 6.82. The van der Waals surface area contributed by atoms with Gasteiger partial charge in [0.05, 0.1) is 19.3 Å². The van der Waals surface area contributed by atoms with Crippen molar-refractivity contribution in [2.24, 2.45) is 0 Å². The van der Waals surface area contributed by atoms with Crippen molar-refractivity contribution < 1.29 is 9.53 Å². The molecular weight excluding hydrogens is 306 g/mol. The number of anilines is 2. The molecule has 0 spiro atoms. The molecule has 2 aromatic heterocycles. The monoisotopic (exact) mass is 327 g/mol. The van der Waals surface area contributed by atoms with Gasteiger partial charge in [-0.25, -0.2) is 15.0 Å². The van der Waals surface area contributed by atoms with Crippen LogP contribution in [0.2, 0.25) is 0 Å². The Bertz CT molecular complexity index is 734. The molecule has 0 bridgehead atoms. The summed E-state index contributed by atoms with van der Waals surface area (Å²) in [5, 5.41) is 0. The van der Waals surface area contributed by atoms with E-state index in [-0.39, 0.29) is 11.8 Å². The van der Waals surface area contributed by atoms with Crippen molar-refractivity contribution in [3.63, 3.8) is 0 Å². The highest BCUT2D eigenvalue weighted by atomic mass is 16.5. The molecule has 126 valence electrons. The van der Waals surface area contributed by atoms with Gasteiger partial charge in [0.25, 0.3) is 0 Å². The molecule has 3 rings (SSSR count). The van der Waals surface area contributed by atoms with Gasteiger partial charge in [-0.15, -0.1) is 0 Å². The van der Waals surface area contributed by atoms with Crippen molar-refractivity contribution in [1.29, 1.82) is 0 Å². The van der Waals surface area contributed by atoms with Crippen molar-refractivity contribution in [1.82, 2.24) is 15.0 Å². The van der Waals surface area contributed by atoms with Crippen LogP contribution < -0.4 is 14.5 Å². The van der Waals surface area contributed by atoms with Gasteiger partial charge in [0.15, 0.2) is 0 Å². The van der Waals surface area contributed by atoms with Crippen LogP contribution in [0.4, 0.5) is 11.5 Å². The first-order chi connectivity index (χ1) is 11.6. The SMILES string of the molecule is COc1cc(N2CCN(c3ccnc(C(C)C)n3)CC2=O)ccn1. The van der Waals surface area contributed by atoms with Crippen LogP contribution in [0.5, 0.6) is 5.88 Å². The van der Waals surface area contributed by atoms with Gasteiger partial charge in [-0.2, -0.15) is 0 Å². The molecule has 7 nitrogen and oxygen atoms in total. The fourth-order valence-corrected chi connectivity index (χ4v) is 2.64. The van der Waals surface area contributed by atoms with E-state index in [1.165, 1.54) is 0 Å². The highest BCUT2D eigenvalue weighted by Gasteiger charge is 2.26.